The molecule has 0 aliphatic heterocycles. The van der Waals surface area contributed by atoms with Crippen LogP contribution in [0, 0.1) is 0 Å². The van der Waals surface area contributed by atoms with E-state index in [-0.39, 0.29) is 5.91 Å². The van der Waals surface area contributed by atoms with Crippen LogP contribution in [0.1, 0.15) is 21.7 Å². The van der Waals surface area contributed by atoms with Crippen LogP contribution in [-0.4, -0.2) is 53.6 Å². The molecule has 2 aromatic carbocycles. The molecule has 0 saturated carbocycles. The number of hydrogen-bond acceptors (Lipinski definition) is 8. The molecular formula is C23H24N6O4. The highest BCUT2D eigenvalue weighted by Gasteiger charge is 2.16. The summed E-state index contributed by atoms with van der Waals surface area (Å²) in [6.45, 7) is 0. The summed E-state index contributed by atoms with van der Waals surface area (Å²) < 4.78 is 18.0. The number of ether oxygens (including phenoxy) is 3. The van der Waals surface area contributed by atoms with E-state index in [2.05, 4.69) is 20.6 Å². The lowest BCUT2D eigenvalue weighted by Crippen LogP contribution is -2.20. The van der Waals surface area contributed by atoms with Crippen LogP contribution in [0.2, 0.25) is 0 Å². The van der Waals surface area contributed by atoms with Crippen molar-refractivity contribution in [2.75, 3.05) is 33.7 Å². The quantitative estimate of drug-likeness (QED) is 0.423. The Morgan fingerprint density at radius 1 is 1.03 bits per heavy atom. The second-order valence-corrected chi connectivity index (χ2v) is 7.01. The van der Waals surface area contributed by atoms with Gasteiger partial charge in [-0.25, -0.2) is 4.98 Å². The van der Waals surface area contributed by atoms with Crippen molar-refractivity contribution in [2.24, 2.45) is 0 Å². The van der Waals surface area contributed by atoms with Crippen LogP contribution >= 0.6 is 0 Å². The third kappa shape index (κ3) is 4.36. The number of nitrogens with one attached hydrogen (secondary N) is 2. The molecule has 2 N–H and O–H groups in total. The van der Waals surface area contributed by atoms with Gasteiger partial charge in [-0.3, -0.25) is 9.20 Å². The number of rotatable bonds is 8. The Bertz CT molecular complexity index is 1280. The molecule has 2 aromatic heterocycles. The maximum Gasteiger partial charge on any atom is 0.251 e. The van der Waals surface area contributed by atoms with Crippen molar-refractivity contribution in [3.05, 3.63) is 65.7 Å². The number of carbonyl (C=O) groups is 1. The molecule has 0 bridgehead atoms. The lowest BCUT2D eigenvalue weighted by molar-refractivity contribution is 0.0962. The van der Waals surface area contributed by atoms with E-state index in [0.29, 0.717) is 52.5 Å². The van der Waals surface area contributed by atoms with Crippen molar-refractivity contribution < 1.29 is 19.0 Å². The van der Waals surface area contributed by atoms with E-state index in [1.54, 1.807) is 63.4 Å². The van der Waals surface area contributed by atoms with Crippen molar-refractivity contribution in [1.29, 1.82) is 0 Å². The number of carbonyl (C=O) groups excluding carboxylic acids is 1. The third-order valence-electron chi connectivity index (χ3n) is 5.10. The number of fused-ring (bicyclic) bond motifs is 1. The summed E-state index contributed by atoms with van der Waals surface area (Å²) in [6, 6.07) is 10.9. The predicted molar refractivity (Wildman–Crippen MR) is 123 cm³/mol. The van der Waals surface area contributed by atoms with Gasteiger partial charge in [-0.15, -0.1) is 0 Å². The van der Waals surface area contributed by atoms with Crippen LogP contribution in [-0.2, 0) is 6.42 Å². The van der Waals surface area contributed by atoms with Gasteiger partial charge in [0.25, 0.3) is 5.91 Å². The molecule has 0 unspecified atom stereocenters. The van der Waals surface area contributed by atoms with E-state index in [4.69, 9.17) is 19.2 Å². The fourth-order valence-corrected chi connectivity index (χ4v) is 3.54. The molecule has 0 aliphatic carbocycles. The van der Waals surface area contributed by atoms with Crippen molar-refractivity contribution in [3.63, 3.8) is 0 Å². The number of methoxy groups -OCH3 is 3. The van der Waals surface area contributed by atoms with Crippen LogP contribution in [0.25, 0.3) is 5.78 Å². The first-order chi connectivity index (χ1) is 16.1. The zero-order chi connectivity index (χ0) is 23.4. The predicted octanol–water partition coefficient (Wildman–Crippen LogP) is 2.84. The first-order valence-corrected chi connectivity index (χ1v) is 10.1. The molecule has 0 saturated heterocycles. The van der Waals surface area contributed by atoms with E-state index < -0.39 is 0 Å². The molecule has 4 aromatic rings. The number of aromatic nitrogens is 4. The maximum atomic E-state index is 12.3. The molecule has 10 heteroatoms. The van der Waals surface area contributed by atoms with Crippen molar-refractivity contribution >= 4 is 23.3 Å². The van der Waals surface area contributed by atoms with Crippen LogP contribution in [0.4, 0.5) is 11.6 Å². The Labute approximate surface area is 190 Å². The van der Waals surface area contributed by atoms with E-state index in [0.717, 1.165) is 5.56 Å². The molecule has 170 valence electrons. The molecule has 10 nitrogen and oxygen atoms in total. The molecule has 0 radical (unpaired) electrons. The monoisotopic (exact) mass is 448 g/mol. The molecule has 1 amide bonds. The van der Waals surface area contributed by atoms with Gasteiger partial charge in [0, 0.05) is 49.2 Å². The number of imidazole rings is 1. The Balaban J connectivity index is 1.73. The standard InChI is InChI=1S/C23H24N6O4/c1-24-21(30)16-8-6-5-7-14(16)11-19-27-22(28-23-25-9-10-29(19)23)26-15-12-17(31-2)20(33-4)18(13-15)32-3/h5-10,12-13H,11H2,1-4H3,(H,24,30)(H,25,26,28). The van der Waals surface area contributed by atoms with E-state index in [1.807, 2.05) is 18.2 Å². The van der Waals surface area contributed by atoms with Gasteiger partial charge in [-0.05, 0) is 11.6 Å². The molecule has 0 fully saturated rings. The summed E-state index contributed by atoms with van der Waals surface area (Å²) in [5, 5.41) is 5.87. The SMILES string of the molecule is CNC(=O)c1ccccc1Cc1nc(Nc2cc(OC)c(OC)c(OC)c2)nc2nccn12. The molecular weight excluding hydrogens is 424 g/mol. The molecule has 2 heterocycles. The van der Waals surface area contributed by atoms with Crippen LogP contribution in [0.15, 0.2) is 48.8 Å². The minimum atomic E-state index is -0.155. The number of benzene rings is 2. The van der Waals surface area contributed by atoms with Crippen molar-refractivity contribution in [1.82, 2.24) is 24.7 Å². The van der Waals surface area contributed by atoms with Crippen LogP contribution in [0.5, 0.6) is 17.2 Å². The van der Waals surface area contributed by atoms with Gasteiger partial charge >= 0.3 is 0 Å². The average molecular weight is 448 g/mol. The average Bonchev–Trinajstić information content (AvgIpc) is 3.32. The van der Waals surface area contributed by atoms with Gasteiger partial charge in [-0.1, -0.05) is 18.2 Å². The smallest absolute Gasteiger partial charge is 0.251 e. The Kier molecular flexibility index (Phi) is 6.25. The van der Waals surface area contributed by atoms with Crippen LogP contribution < -0.4 is 24.8 Å². The summed E-state index contributed by atoms with van der Waals surface area (Å²) in [6.07, 6.45) is 3.85. The van der Waals surface area contributed by atoms with Gasteiger partial charge in [0.1, 0.15) is 5.82 Å². The van der Waals surface area contributed by atoms with Gasteiger partial charge in [0.15, 0.2) is 11.5 Å². The fraction of sp³-hybridized carbons (Fsp3) is 0.217. The molecule has 0 aliphatic rings. The largest absolute Gasteiger partial charge is 0.493 e. The number of nitrogens with zero attached hydrogens (tertiary/aromatic N) is 4. The lowest BCUT2D eigenvalue weighted by Gasteiger charge is -2.15. The topological polar surface area (TPSA) is 112 Å². The van der Waals surface area contributed by atoms with E-state index in [1.165, 1.54) is 0 Å². The van der Waals surface area contributed by atoms with Gasteiger partial charge in [0.2, 0.25) is 17.5 Å². The van der Waals surface area contributed by atoms with Gasteiger partial charge in [-0.2, -0.15) is 9.97 Å². The Morgan fingerprint density at radius 2 is 1.76 bits per heavy atom. The van der Waals surface area contributed by atoms with Crippen molar-refractivity contribution in [2.45, 2.75) is 6.42 Å². The Morgan fingerprint density at radius 3 is 2.42 bits per heavy atom. The zero-order valence-corrected chi connectivity index (χ0v) is 18.7. The highest BCUT2D eigenvalue weighted by molar-refractivity contribution is 5.95. The summed E-state index contributed by atoms with van der Waals surface area (Å²) in [4.78, 5) is 25.8. The highest BCUT2D eigenvalue weighted by atomic mass is 16.5. The second-order valence-electron chi connectivity index (χ2n) is 7.01. The number of anilines is 2. The first kappa shape index (κ1) is 21.9. The van der Waals surface area contributed by atoms with Gasteiger partial charge in [0.05, 0.1) is 21.3 Å². The minimum absolute atomic E-state index is 0.155. The molecule has 33 heavy (non-hydrogen) atoms. The van der Waals surface area contributed by atoms with E-state index >= 15 is 0 Å². The third-order valence-corrected chi connectivity index (χ3v) is 5.10. The normalized spacial score (nSPS) is 10.7. The Hall–Kier alpha value is -4.34. The van der Waals surface area contributed by atoms with Gasteiger partial charge < -0.3 is 24.8 Å². The maximum absolute atomic E-state index is 12.3. The summed E-state index contributed by atoms with van der Waals surface area (Å²) >= 11 is 0. The zero-order valence-electron chi connectivity index (χ0n) is 18.7. The second kappa shape index (κ2) is 9.43. The van der Waals surface area contributed by atoms with Crippen molar-refractivity contribution in [3.8, 4) is 17.2 Å². The molecule has 4 rings (SSSR count). The number of hydrogen-bond donors (Lipinski definition) is 2. The molecule has 0 spiro atoms. The minimum Gasteiger partial charge on any atom is -0.493 e. The lowest BCUT2D eigenvalue weighted by atomic mass is 10.0. The van der Waals surface area contributed by atoms with Crippen LogP contribution in [0.3, 0.4) is 0 Å². The summed E-state index contributed by atoms with van der Waals surface area (Å²) in [5.41, 5.74) is 2.08. The fourth-order valence-electron chi connectivity index (χ4n) is 3.54. The molecule has 0 atom stereocenters. The first-order valence-electron chi connectivity index (χ1n) is 10.1. The van der Waals surface area contributed by atoms with E-state index in [9.17, 15) is 4.79 Å². The highest BCUT2D eigenvalue weighted by Crippen LogP contribution is 2.40. The summed E-state index contributed by atoms with van der Waals surface area (Å²) in [7, 11) is 6.26. The number of amides is 1. The summed E-state index contributed by atoms with van der Waals surface area (Å²) in [5.74, 6) is 2.83.